The van der Waals surface area contributed by atoms with Crippen molar-refractivity contribution in [2.24, 2.45) is 0 Å². The van der Waals surface area contributed by atoms with Crippen molar-refractivity contribution in [2.75, 3.05) is 20.0 Å². The molecule has 3 N–H and O–H groups in total. The Morgan fingerprint density at radius 2 is 1.80 bits per heavy atom. The number of carbonyl (C=O) groups is 2. The molecule has 1 rings (SSSR count). The van der Waals surface area contributed by atoms with Gasteiger partial charge in [0, 0.05) is 12.1 Å². The van der Waals surface area contributed by atoms with Gasteiger partial charge >= 0.3 is 11.9 Å². The molecule has 1 atom stereocenters. The van der Waals surface area contributed by atoms with Crippen LogP contribution in [0.2, 0.25) is 0 Å². The summed E-state index contributed by atoms with van der Waals surface area (Å²) < 4.78 is 15.0. The van der Waals surface area contributed by atoms with Crippen LogP contribution in [0.1, 0.15) is 23.7 Å². The number of anilines is 1. The predicted molar refractivity (Wildman–Crippen MR) is 71.1 cm³/mol. The lowest BCUT2D eigenvalue weighted by molar-refractivity contribution is -0.147. The maximum absolute atomic E-state index is 11.9. The number of methoxy groups -OCH3 is 2. The number of nitrogens with two attached hydrogens (primary N) is 1. The first-order valence-electron chi connectivity index (χ1n) is 5.89. The van der Waals surface area contributed by atoms with Gasteiger partial charge in [-0.25, -0.2) is 9.59 Å². The van der Waals surface area contributed by atoms with E-state index in [1.54, 1.807) is 6.92 Å². The van der Waals surface area contributed by atoms with E-state index in [2.05, 4.69) is 0 Å². The molecule has 0 spiro atoms. The highest BCUT2D eigenvalue weighted by molar-refractivity contribution is 5.97. The summed E-state index contributed by atoms with van der Waals surface area (Å²) in [6.07, 6.45) is -1.05. The highest BCUT2D eigenvalue weighted by atomic mass is 16.6. The number of ether oxygens (including phenoxy) is 3. The topological polar surface area (TPSA) is 108 Å². The molecular formula is C13H17NO6. The van der Waals surface area contributed by atoms with Gasteiger partial charge in [-0.2, -0.15) is 0 Å². The number of nitrogen functional groups attached to an aromatic ring is 1. The second-order valence-corrected chi connectivity index (χ2v) is 3.93. The Bertz CT molecular complexity index is 514. The molecule has 0 aromatic heterocycles. The fourth-order valence-corrected chi connectivity index (χ4v) is 1.57. The van der Waals surface area contributed by atoms with E-state index in [1.807, 2.05) is 0 Å². The quantitative estimate of drug-likeness (QED) is 0.598. The van der Waals surface area contributed by atoms with Crippen molar-refractivity contribution >= 4 is 17.6 Å². The third-order valence-corrected chi connectivity index (χ3v) is 2.67. The Balaban J connectivity index is 3.07. The van der Waals surface area contributed by atoms with Gasteiger partial charge < -0.3 is 25.1 Å². The maximum Gasteiger partial charge on any atom is 0.345 e. The Morgan fingerprint density at radius 3 is 2.25 bits per heavy atom. The van der Waals surface area contributed by atoms with E-state index in [9.17, 15) is 9.59 Å². The van der Waals surface area contributed by atoms with Crippen molar-refractivity contribution in [1.82, 2.24) is 0 Å². The molecule has 0 bridgehead atoms. The molecule has 7 heteroatoms. The Labute approximate surface area is 116 Å². The van der Waals surface area contributed by atoms with E-state index in [0.717, 1.165) is 0 Å². The summed E-state index contributed by atoms with van der Waals surface area (Å²) in [6.45, 7) is 1.60. The first-order chi connectivity index (χ1) is 9.44. The normalized spacial score (nSPS) is 11.6. The third kappa shape index (κ3) is 3.31. The Morgan fingerprint density at radius 1 is 1.25 bits per heavy atom. The zero-order valence-corrected chi connectivity index (χ0v) is 11.5. The van der Waals surface area contributed by atoms with E-state index >= 15 is 0 Å². The third-order valence-electron chi connectivity index (χ3n) is 2.67. The monoisotopic (exact) mass is 283 g/mol. The van der Waals surface area contributed by atoms with Crippen molar-refractivity contribution < 1.29 is 28.9 Å². The molecule has 0 fully saturated rings. The highest BCUT2D eigenvalue weighted by Gasteiger charge is 2.23. The van der Waals surface area contributed by atoms with Gasteiger partial charge in [-0.15, -0.1) is 0 Å². The standard InChI is InChI=1S/C13H17NO6/c1-4-9(12(15)16)20-13(17)7-5-10(18-2)11(19-3)6-8(7)14/h5-6,9H,4,14H2,1-3H3,(H,15,16). The van der Waals surface area contributed by atoms with E-state index < -0.39 is 18.0 Å². The molecule has 0 aliphatic heterocycles. The number of hydrogen-bond acceptors (Lipinski definition) is 6. The molecule has 0 radical (unpaired) electrons. The van der Waals surface area contributed by atoms with E-state index in [0.29, 0.717) is 11.5 Å². The number of esters is 1. The molecule has 1 aromatic rings. The Hall–Kier alpha value is -2.44. The average molecular weight is 283 g/mol. The van der Waals surface area contributed by atoms with E-state index in [-0.39, 0.29) is 17.7 Å². The second-order valence-electron chi connectivity index (χ2n) is 3.93. The number of carbonyl (C=O) groups excluding carboxylic acids is 1. The van der Waals surface area contributed by atoms with Crippen LogP contribution in [0, 0.1) is 0 Å². The van der Waals surface area contributed by atoms with Crippen LogP contribution in [0.4, 0.5) is 5.69 Å². The molecule has 0 aliphatic rings. The molecule has 110 valence electrons. The maximum atomic E-state index is 11.9. The molecule has 1 aromatic carbocycles. The number of benzene rings is 1. The van der Waals surface area contributed by atoms with E-state index in [4.69, 9.17) is 25.1 Å². The van der Waals surface area contributed by atoms with Crippen LogP contribution in [-0.2, 0) is 9.53 Å². The summed E-state index contributed by atoms with van der Waals surface area (Å²) in [7, 11) is 2.85. The van der Waals surface area contributed by atoms with Crippen LogP contribution in [0.5, 0.6) is 11.5 Å². The number of carboxylic acid groups (broad SMARTS) is 1. The van der Waals surface area contributed by atoms with Gasteiger partial charge in [-0.3, -0.25) is 0 Å². The van der Waals surface area contributed by atoms with Crippen LogP contribution in [0.15, 0.2) is 12.1 Å². The fraction of sp³-hybridized carbons (Fsp3) is 0.385. The first-order valence-corrected chi connectivity index (χ1v) is 5.89. The molecule has 20 heavy (non-hydrogen) atoms. The summed E-state index contributed by atoms with van der Waals surface area (Å²) in [4.78, 5) is 22.8. The summed E-state index contributed by atoms with van der Waals surface area (Å²) in [5, 5.41) is 8.87. The van der Waals surface area contributed by atoms with Crippen LogP contribution in [-0.4, -0.2) is 37.4 Å². The van der Waals surface area contributed by atoms with Gasteiger partial charge in [-0.1, -0.05) is 6.92 Å². The number of rotatable bonds is 6. The lowest BCUT2D eigenvalue weighted by atomic mass is 10.1. The molecular weight excluding hydrogens is 266 g/mol. The number of hydrogen-bond donors (Lipinski definition) is 2. The average Bonchev–Trinajstić information content (AvgIpc) is 2.43. The van der Waals surface area contributed by atoms with Gasteiger partial charge in [0.05, 0.1) is 25.5 Å². The molecule has 1 unspecified atom stereocenters. The van der Waals surface area contributed by atoms with Crippen LogP contribution < -0.4 is 15.2 Å². The summed E-state index contributed by atoms with van der Waals surface area (Å²) in [5.41, 5.74) is 5.88. The van der Waals surface area contributed by atoms with Crippen molar-refractivity contribution in [3.05, 3.63) is 17.7 Å². The van der Waals surface area contributed by atoms with Gasteiger partial charge in [0.2, 0.25) is 0 Å². The van der Waals surface area contributed by atoms with Crippen molar-refractivity contribution in [1.29, 1.82) is 0 Å². The van der Waals surface area contributed by atoms with Crippen molar-refractivity contribution in [3.63, 3.8) is 0 Å². The number of carboxylic acids is 1. The van der Waals surface area contributed by atoms with E-state index in [1.165, 1.54) is 26.4 Å². The minimum absolute atomic E-state index is 0.0300. The van der Waals surface area contributed by atoms with Gasteiger partial charge in [0.25, 0.3) is 0 Å². The molecule has 0 saturated heterocycles. The van der Waals surface area contributed by atoms with Gasteiger partial charge in [0.1, 0.15) is 0 Å². The second kappa shape index (κ2) is 6.65. The Kier molecular flexibility index (Phi) is 5.19. The highest BCUT2D eigenvalue weighted by Crippen LogP contribution is 2.32. The minimum atomic E-state index is -1.21. The lowest BCUT2D eigenvalue weighted by Crippen LogP contribution is -2.26. The molecule has 0 saturated carbocycles. The number of aliphatic carboxylic acids is 1. The molecule has 0 heterocycles. The first kappa shape index (κ1) is 15.6. The zero-order chi connectivity index (χ0) is 15.3. The summed E-state index contributed by atoms with van der Waals surface area (Å²) >= 11 is 0. The smallest absolute Gasteiger partial charge is 0.345 e. The largest absolute Gasteiger partial charge is 0.493 e. The fourth-order valence-electron chi connectivity index (χ4n) is 1.57. The summed E-state index contributed by atoms with van der Waals surface area (Å²) in [5.74, 6) is -1.36. The summed E-state index contributed by atoms with van der Waals surface area (Å²) in [6, 6.07) is 2.77. The zero-order valence-electron chi connectivity index (χ0n) is 11.5. The van der Waals surface area contributed by atoms with Crippen molar-refractivity contribution in [2.45, 2.75) is 19.4 Å². The molecule has 0 aliphatic carbocycles. The molecule has 7 nitrogen and oxygen atoms in total. The minimum Gasteiger partial charge on any atom is -0.493 e. The van der Waals surface area contributed by atoms with Crippen LogP contribution in [0.25, 0.3) is 0 Å². The van der Waals surface area contributed by atoms with Crippen LogP contribution in [0.3, 0.4) is 0 Å². The lowest BCUT2D eigenvalue weighted by Gasteiger charge is -2.14. The molecule has 0 amide bonds. The predicted octanol–water partition coefficient (Wildman–Crippen LogP) is 1.31. The van der Waals surface area contributed by atoms with Gasteiger partial charge in [0.15, 0.2) is 17.6 Å². The van der Waals surface area contributed by atoms with Gasteiger partial charge in [-0.05, 0) is 6.42 Å². The SMILES string of the molecule is CCC(OC(=O)c1cc(OC)c(OC)cc1N)C(=O)O. The van der Waals surface area contributed by atoms with Crippen LogP contribution >= 0.6 is 0 Å². The van der Waals surface area contributed by atoms with Crippen molar-refractivity contribution in [3.8, 4) is 11.5 Å².